The number of hydrogen-bond acceptors (Lipinski definition) is 3. The van der Waals surface area contributed by atoms with Crippen LogP contribution >= 0.6 is 11.6 Å². The van der Waals surface area contributed by atoms with Gasteiger partial charge in [0.15, 0.2) is 0 Å². The number of allylic oxidation sites excluding steroid dienone is 2. The molecule has 1 aliphatic rings. The molecule has 31 heavy (non-hydrogen) atoms. The average Bonchev–Trinajstić information content (AvgIpc) is 3.18. The number of alkyl halides is 3. The molecule has 0 spiro atoms. The highest BCUT2D eigenvalue weighted by Gasteiger charge is 2.78. The quantitative estimate of drug-likeness (QED) is 0.546. The molecule has 0 aliphatic heterocycles. The molecule has 3 rings (SSSR count). The number of aliphatic carboxylic acids is 1. The van der Waals surface area contributed by atoms with Crippen LogP contribution in [0.2, 0.25) is 0 Å². The van der Waals surface area contributed by atoms with Crippen molar-refractivity contribution in [2.24, 2.45) is 16.7 Å². The molecule has 1 aliphatic carbocycles. The fourth-order valence-electron chi connectivity index (χ4n) is 4.32. The second-order valence-electron chi connectivity index (χ2n) is 7.94. The Morgan fingerprint density at radius 1 is 1.19 bits per heavy atom. The number of hydrogen-bond donors (Lipinski definition) is 1. The predicted molar refractivity (Wildman–Crippen MR) is 109 cm³/mol. The van der Waals surface area contributed by atoms with E-state index in [9.17, 15) is 28.3 Å². The van der Waals surface area contributed by atoms with Crippen LogP contribution in [-0.4, -0.2) is 17.3 Å². The monoisotopic (exact) mass is 449 g/mol. The summed E-state index contributed by atoms with van der Waals surface area (Å²) >= 11 is 5.40. The minimum atomic E-state index is -4.80. The third-order valence-electron chi connectivity index (χ3n) is 5.94. The Hall–Kier alpha value is -2.98. The van der Waals surface area contributed by atoms with Crippen LogP contribution in [0.5, 0.6) is 11.5 Å². The summed E-state index contributed by atoms with van der Waals surface area (Å²) < 4.78 is 44.7. The van der Waals surface area contributed by atoms with E-state index in [-0.39, 0.29) is 0 Å². The molecular weight excluding hydrogens is 431 g/mol. The number of benzene rings is 2. The summed E-state index contributed by atoms with van der Waals surface area (Å²) in [5.74, 6) is -2.74. The first-order valence-electron chi connectivity index (χ1n) is 9.36. The molecule has 0 bridgehead atoms. The molecule has 4 nitrogen and oxygen atoms in total. The van der Waals surface area contributed by atoms with E-state index >= 15 is 0 Å². The van der Waals surface area contributed by atoms with Crippen molar-refractivity contribution in [3.63, 3.8) is 0 Å². The van der Waals surface area contributed by atoms with E-state index in [1.807, 2.05) is 12.1 Å². The van der Waals surface area contributed by atoms with Gasteiger partial charge in [-0.05, 0) is 35.2 Å². The summed E-state index contributed by atoms with van der Waals surface area (Å²) in [7, 11) is 0. The number of carbonyl (C=O) groups is 1. The summed E-state index contributed by atoms with van der Waals surface area (Å²) in [5, 5.41) is 18.6. The van der Waals surface area contributed by atoms with E-state index in [1.165, 1.54) is 19.9 Å². The first-order chi connectivity index (χ1) is 14.5. The van der Waals surface area contributed by atoms with Crippen molar-refractivity contribution < 1.29 is 27.8 Å². The standard InChI is InChI=1S/C23H19ClF3NO3/c1-21(2)18(12-19(24)23(25,26)27)22(21,20(29)30)17(13-28)14-7-6-10-16(11-14)31-15-8-4-3-5-9-15/h3-12,17-18H,1-2H3,(H,29,30)/b19-12+/t17-,18+,22-/m1/s1. The lowest BCUT2D eigenvalue weighted by atomic mass is 9.78. The van der Waals surface area contributed by atoms with Gasteiger partial charge in [0.1, 0.15) is 21.9 Å². The van der Waals surface area contributed by atoms with E-state index < -0.39 is 39.8 Å². The lowest BCUT2D eigenvalue weighted by molar-refractivity contribution is -0.145. The molecule has 2 aromatic carbocycles. The van der Waals surface area contributed by atoms with Crippen LogP contribution in [0.1, 0.15) is 25.3 Å². The molecule has 3 atom stereocenters. The van der Waals surface area contributed by atoms with Crippen LogP contribution in [0.4, 0.5) is 13.2 Å². The zero-order valence-electron chi connectivity index (χ0n) is 16.7. The highest BCUT2D eigenvalue weighted by Crippen LogP contribution is 2.75. The summed E-state index contributed by atoms with van der Waals surface area (Å²) in [4.78, 5) is 12.4. The van der Waals surface area contributed by atoms with Gasteiger partial charge in [0, 0.05) is 5.92 Å². The molecule has 1 saturated carbocycles. The van der Waals surface area contributed by atoms with E-state index in [0.29, 0.717) is 23.1 Å². The third-order valence-corrected chi connectivity index (χ3v) is 6.28. The Morgan fingerprint density at radius 3 is 2.35 bits per heavy atom. The smallest absolute Gasteiger partial charge is 0.426 e. The first kappa shape index (κ1) is 22.7. The van der Waals surface area contributed by atoms with Gasteiger partial charge in [-0.15, -0.1) is 0 Å². The fraction of sp³-hybridized carbons (Fsp3) is 0.304. The lowest BCUT2D eigenvalue weighted by Crippen LogP contribution is -2.29. The largest absolute Gasteiger partial charge is 0.481 e. The van der Waals surface area contributed by atoms with Gasteiger partial charge < -0.3 is 9.84 Å². The Balaban J connectivity index is 2.03. The van der Waals surface area contributed by atoms with Crippen LogP contribution in [0.25, 0.3) is 0 Å². The van der Waals surface area contributed by atoms with Crippen LogP contribution in [0, 0.1) is 28.1 Å². The number of para-hydroxylation sites is 1. The topological polar surface area (TPSA) is 70.3 Å². The number of nitriles is 1. The Bertz CT molecular complexity index is 1060. The van der Waals surface area contributed by atoms with Gasteiger partial charge in [-0.1, -0.05) is 61.9 Å². The van der Waals surface area contributed by atoms with Gasteiger partial charge in [0.25, 0.3) is 0 Å². The van der Waals surface area contributed by atoms with Crippen molar-refractivity contribution in [3.05, 3.63) is 71.3 Å². The number of rotatable bonds is 6. The maximum absolute atomic E-state index is 13.0. The first-order valence-corrected chi connectivity index (χ1v) is 9.74. The number of nitrogens with zero attached hydrogens (tertiary/aromatic N) is 1. The Kier molecular flexibility index (Phi) is 5.81. The SMILES string of the molecule is CC1(C)[C@H](/C=C(/Cl)C(F)(F)F)[C@@]1(C(=O)O)[C@H](C#N)c1cccc(Oc2ccccc2)c1. The van der Waals surface area contributed by atoms with Gasteiger partial charge in [-0.25, -0.2) is 0 Å². The van der Waals surface area contributed by atoms with Crippen molar-refractivity contribution in [1.29, 1.82) is 5.26 Å². The van der Waals surface area contributed by atoms with Crippen molar-refractivity contribution in [2.75, 3.05) is 0 Å². The zero-order chi connectivity index (χ0) is 23.0. The predicted octanol–water partition coefficient (Wildman–Crippen LogP) is 6.50. The molecule has 0 heterocycles. The molecule has 0 radical (unpaired) electrons. The molecule has 0 amide bonds. The molecular formula is C23H19ClF3NO3. The normalized spacial score (nSPS) is 23.5. The number of carboxylic acid groups (broad SMARTS) is 1. The van der Waals surface area contributed by atoms with Crippen LogP contribution < -0.4 is 4.74 Å². The molecule has 0 aromatic heterocycles. The van der Waals surface area contributed by atoms with Gasteiger partial charge >= 0.3 is 12.1 Å². The highest BCUT2D eigenvalue weighted by atomic mass is 35.5. The number of ether oxygens (including phenoxy) is 1. The summed E-state index contributed by atoms with van der Waals surface area (Å²) in [6.45, 7) is 3.05. The molecule has 8 heteroatoms. The molecule has 1 N–H and O–H groups in total. The molecule has 0 saturated heterocycles. The lowest BCUT2D eigenvalue weighted by Gasteiger charge is -2.22. The second-order valence-corrected chi connectivity index (χ2v) is 8.34. The number of carboxylic acids is 1. The van der Waals surface area contributed by atoms with E-state index in [0.717, 1.165) is 0 Å². The minimum Gasteiger partial charge on any atom is -0.481 e. The van der Waals surface area contributed by atoms with Crippen molar-refractivity contribution >= 4 is 17.6 Å². The number of halogens is 4. The van der Waals surface area contributed by atoms with Gasteiger partial charge in [0.05, 0.1) is 12.0 Å². The van der Waals surface area contributed by atoms with E-state index in [2.05, 4.69) is 0 Å². The minimum absolute atomic E-state index is 0.338. The van der Waals surface area contributed by atoms with E-state index in [1.54, 1.807) is 42.5 Å². The van der Waals surface area contributed by atoms with E-state index in [4.69, 9.17) is 16.3 Å². The highest BCUT2D eigenvalue weighted by molar-refractivity contribution is 6.30. The Labute approximate surface area is 182 Å². The molecule has 162 valence electrons. The van der Waals surface area contributed by atoms with Crippen molar-refractivity contribution in [3.8, 4) is 17.6 Å². The van der Waals surface area contributed by atoms with Crippen LogP contribution in [-0.2, 0) is 4.79 Å². The molecule has 0 unspecified atom stereocenters. The summed E-state index contributed by atoms with van der Waals surface area (Å²) in [6.07, 6.45) is -4.08. The van der Waals surface area contributed by atoms with Gasteiger partial charge in [0.2, 0.25) is 0 Å². The molecule has 2 aromatic rings. The Morgan fingerprint density at radius 2 is 1.81 bits per heavy atom. The van der Waals surface area contributed by atoms with Crippen molar-refractivity contribution in [1.82, 2.24) is 0 Å². The summed E-state index contributed by atoms with van der Waals surface area (Å²) in [6, 6.07) is 17.2. The van der Waals surface area contributed by atoms with Crippen LogP contribution in [0.15, 0.2) is 65.7 Å². The zero-order valence-corrected chi connectivity index (χ0v) is 17.4. The second kappa shape index (κ2) is 7.93. The third kappa shape index (κ3) is 3.88. The maximum atomic E-state index is 13.0. The maximum Gasteiger partial charge on any atom is 0.426 e. The van der Waals surface area contributed by atoms with Gasteiger partial charge in [-0.2, -0.15) is 18.4 Å². The average molecular weight is 450 g/mol. The summed E-state index contributed by atoms with van der Waals surface area (Å²) in [5.41, 5.74) is -2.58. The fourth-order valence-corrected chi connectivity index (χ4v) is 4.45. The van der Waals surface area contributed by atoms with Crippen molar-refractivity contribution in [2.45, 2.75) is 25.9 Å². The molecule has 1 fully saturated rings. The van der Waals surface area contributed by atoms with Gasteiger partial charge in [-0.3, -0.25) is 4.79 Å². The van der Waals surface area contributed by atoms with Crippen LogP contribution in [0.3, 0.4) is 0 Å².